The SMILES string of the molecule is CS(=O)(=O)c1ccccc1-c1sc(C(=O)Nc2cc(Cl)cc(Cl)c2)nc1-c1ccc(F)cc1. The van der Waals surface area contributed by atoms with Gasteiger partial charge in [-0.25, -0.2) is 17.8 Å². The van der Waals surface area contributed by atoms with Crippen LogP contribution >= 0.6 is 34.5 Å². The third kappa shape index (κ3) is 5.25. The van der Waals surface area contributed by atoms with Crippen LogP contribution in [0.4, 0.5) is 10.1 Å². The first-order valence-electron chi connectivity index (χ1n) is 9.45. The van der Waals surface area contributed by atoms with Gasteiger partial charge in [0.15, 0.2) is 14.8 Å². The second-order valence-electron chi connectivity index (χ2n) is 7.08. The largest absolute Gasteiger partial charge is 0.320 e. The van der Waals surface area contributed by atoms with Crippen molar-refractivity contribution >= 4 is 56.0 Å². The Morgan fingerprint density at radius 2 is 1.64 bits per heavy atom. The summed E-state index contributed by atoms with van der Waals surface area (Å²) in [6.45, 7) is 0. The van der Waals surface area contributed by atoms with Crippen molar-refractivity contribution in [3.05, 3.63) is 87.6 Å². The second-order valence-corrected chi connectivity index (χ2v) is 10.9. The van der Waals surface area contributed by atoms with Gasteiger partial charge >= 0.3 is 0 Å². The summed E-state index contributed by atoms with van der Waals surface area (Å²) in [5.41, 5.74) is 1.69. The normalized spacial score (nSPS) is 11.4. The highest BCUT2D eigenvalue weighted by Gasteiger charge is 2.23. The van der Waals surface area contributed by atoms with Gasteiger partial charge in [0.05, 0.1) is 15.5 Å². The Hall–Kier alpha value is -2.78. The average Bonchev–Trinajstić information content (AvgIpc) is 3.18. The Kier molecular flexibility index (Phi) is 6.54. The summed E-state index contributed by atoms with van der Waals surface area (Å²) in [7, 11) is -3.57. The van der Waals surface area contributed by atoms with Crippen LogP contribution in [0, 0.1) is 5.82 Å². The van der Waals surface area contributed by atoms with Crippen molar-refractivity contribution in [2.45, 2.75) is 4.90 Å². The van der Waals surface area contributed by atoms with E-state index in [1.165, 1.54) is 36.4 Å². The van der Waals surface area contributed by atoms with Gasteiger partial charge in [0.2, 0.25) is 0 Å². The number of anilines is 1. The van der Waals surface area contributed by atoms with Gasteiger partial charge < -0.3 is 5.32 Å². The van der Waals surface area contributed by atoms with Crippen molar-refractivity contribution in [1.29, 1.82) is 0 Å². The molecule has 0 saturated heterocycles. The Labute approximate surface area is 203 Å². The van der Waals surface area contributed by atoms with Crippen molar-refractivity contribution in [2.24, 2.45) is 0 Å². The maximum atomic E-state index is 13.5. The number of rotatable bonds is 5. The van der Waals surface area contributed by atoms with E-state index >= 15 is 0 Å². The molecule has 10 heteroatoms. The van der Waals surface area contributed by atoms with Crippen LogP contribution in [0.3, 0.4) is 0 Å². The molecule has 0 radical (unpaired) electrons. The van der Waals surface area contributed by atoms with Gasteiger partial charge in [-0.3, -0.25) is 4.79 Å². The zero-order chi connectivity index (χ0) is 23.8. The number of carbonyl (C=O) groups excluding carboxylic acids is 1. The second kappa shape index (κ2) is 9.23. The molecule has 1 aromatic heterocycles. The zero-order valence-corrected chi connectivity index (χ0v) is 20.1. The summed E-state index contributed by atoms with van der Waals surface area (Å²) in [4.78, 5) is 18.0. The molecule has 0 fully saturated rings. The molecule has 0 spiro atoms. The number of nitrogens with zero attached hydrogens (tertiary/aromatic N) is 1. The predicted molar refractivity (Wildman–Crippen MR) is 130 cm³/mol. The van der Waals surface area contributed by atoms with Crippen LogP contribution < -0.4 is 5.32 Å². The summed E-state index contributed by atoms with van der Waals surface area (Å²) in [6, 6.07) is 16.7. The first-order chi connectivity index (χ1) is 15.6. The summed E-state index contributed by atoms with van der Waals surface area (Å²) < 4.78 is 38.3. The number of aromatic nitrogens is 1. The monoisotopic (exact) mass is 520 g/mol. The summed E-state index contributed by atoms with van der Waals surface area (Å²) in [5, 5.41) is 3.49. The molecule has 1 amide bonds. The van der Waals surface area contributed by atoms with Gasteiger partial charge in [0.25, 0.3) is 5.91 Å². The highest BCUT2D eigenvalue weighted by molar-refractivity contribution is 7.90. The van der Waals surface area contributed by atoms with Crippen molar-refractivity contribution < 1.29 is 17.6 Å². The van der Waals surface area contributed by atoms with Gasteiger partial charge in [0.1, 0.15) is 5.82 Å². The average molecular weight is 521 g/mol. The molecule has 0 unspecified atom stereocenters. The van der Waals surface area contributed by atoms with E-state index in [1.54, 1.807) is 30.3 Å². The maximum absolute atomic E-state index is 13.5. The van der Waals surface area contributed by atoms with Crippen molar-refractivity contribution in [3.63, 3.8) is 0 Å². The number of amides is 1. The summed E-state index contributed by atoms with van der Waals surface area (Å²) >= 11 is 13.0. The Morgan fingerprint density at radius 1 is 1.00 bits per heavy atom. The van der Waals surface area contributed by atoms with Crippen LogP contribution in [0.2, 0.25) is 10.0 Å². The smallest absolute Gasteiger partial charge is 0.284 e. The molecular weight excluding hydrogens is 506 g/mol. The van der Waals surface area contributed by atoms with Crippen molar-refractivity contribution in [3.8, 4) is 21.7 Å². The summed E-state index contributed by atoms with van der Waals surface area (Å²) in [5.74, 6) is -0.951. The number of carbonyl (C=O) groups is 1. The molecular formula is C23H15Cl2FN2O3S2. The molecule has 0 aliphatic heterocycles. The fourth-order valence-corrected chi connectivity index (χ4v) is 5.70. The van der Waals surface area contributed by atoms with Gasteiger partial charge in [0, 0.05) is 33.1 Å². The van der Waals surface area contributed by atoms with E-state index in [4.69, 9.17) is 23.2 Å². The summed E-state index contributed by atoms with van der Waals surface area (Å²) in [6.07, 6.45) is 1.11. The van der Waals surface area contributed by atoms with E-state index in [1.807, 2.05) is 0 Å². The number of benzene rings is 3. The van der Waals surface area contributed by atoms with Crippen LogP contribution in [-0.4, -0.2) is 25.6 Å². The molecule has 5 nitrogen and oxygen atoms in total. The third-order valence-electron chi connectivity index (χ3n) is 4.59. The van der Waals surface area contributed by atoms with Gasteiger partial charge in [-0.05, 0) is 48.5 Å². The molecule has 0 bridgehead atoms. The minimum Gasteiger partial charge on any atom is -0.320 e. The fourth-order valence-electron chi connectivity index (χ4n) is 3.19. The van der Waals surface area contributed by atoms with Gasteiger partial charge in [-0.15, -0.1) is 11.3 Å². The first-order valence-corrected chi connectivity index (χ1v) is 12.9. The Morgan fingerprint density at radius 3 is 2.27 bits per heavy atom. The minimum absolute atomic E-state index is 0.0868. The number of thiazole rings is 1. The lowest BCUT2D eigenvalue weighted by Crippen LogP contribution is -2.11. The number of hydrogen-bond donors (Lipinski definition) is 1. The van der Waals surface area contributed by atoms with E-state index in [2.05, 4.69) is 10.3 Å². The molecule has 4 rings (SSSR count). The molecule has 3 aromatic carbocycles. The molecule has 1 heterocycles. The fraction of sp³-hybridized carbons (Fsp3) is 0.0435. The molecule has 0 aliphatic rings. The predicted octanol–water partition coefficient (Wildman–Crippen LogP) is 6.58. The Balaban J connectivity index is 1.85. The lowest BCUT2D eigenvalue weighted by atomic mass is 10.1. The number of hydrogen-bond acceptors (Lipinski definition) is 5. The lowest BCUT2D eigenvalue weighted by molar-refractivity contribution is 0.102. The molecule has 33 heavy (non-hydrogen) atoms. The quantitative estimate of drug-likeness (QED) is 0.322. The highest BCUT2D eigenvalue weighted by atomic mass is 35.5. The molecule has 0 aliphatic carbocycles. The molecule has 168 valence electrons. The minimum atomic E-state index is -3.57. The number of sulfone groups is 1. The lowest BCUT2D eigenvalue weighted by Gasteiger charge is -2.08. The molecule has 0 saturated carbocycles. The first kappa shape index (κ1) is 23.4. The van der Waals surface area contributed by atoms with E-state index in [0.717, 1.165) is 17.6 Å². The number of halogens is 3. The van der Waals surface area contributed by atoms with Crippen LogP contribution in [0.25, 0.3) is 21.7 Å². The zero-order valence-electron chi connectivity index (χ0n) is 17.0. The van der Waals surface area contributed by atoms with Crippen LogP contribution in [0.5, 0.6) is 0 Å². The van der Waals surface area contributed by atoms with E-state index in [9.17, 15) is 17.6 Å². The van der Waals surface area contributed by atoms with E-state index < -0.39 is 21.6 Å². The van der Waals surface area contributed by atoms with Crippen molar-refractivity contribution in [1.82, 2.24) is 4.98 Å². The topological polar surface area (TPSA) is 76.1 Å². The molecule has 4 aromatic rings. The van der Waals surface area contributed by atoms with Crippen LogP contribution in [0.15, 0.2) is 71.6 Å². The van der Waals surface area contributed by atoms with Gasteiger partial charge in [-0.1, -0.05) is 41.4 Å². The van der Waals surface area contributed by atoms with E-state index in [0.29, 0.717) is 37.4 Å². The van der Waals surface area contributed by atoms with Gasteiger partial charge in [-0.2, -0.15) is 0 Å². The Bertz CT molecular complexity index is 1450. The molecule has 0 atom stereocenters. The molecule has 1 N–H and O–H groups in total. The standard InChI is InChI=1S/C23H15Cl2FN2O3S2/c1-33(30,31)19-5-3-2-4-18(19)21-20(13-6-8-16(26)9-7-13)28-23(32-21)22(29)27-17-11-14(24)10-15(25)12-17/h2-12H,1H3,(H,27,29). The maximum Gasteiger partial charge on any atom is 0.284 e. The van der Waals surface area contributed by atoms with Crippen molar-refractivity contribution in [2.75, 3.05) is 11.6 Å². The third-order valence-corrected chi connectivity index (χ3v) is 7.27. The highest BCUT2D eigenvalue weighted by Crippen LogP contribution is 2.40. The number of nitrogens with one attached hydrogen (secondary N) is 1. The van der Waals surface area contributed by atoms with Crippen LogP contribution in [0.1, 0.15) is 9.80 Å². The van der Waals surface area contributed by atoms with E-state index in [-0.39, 0.29) is 9.90 Å². The van der Waals surface area contributed by atoms with Crippen LogP contribution in [-0.2, 0) is 9.84 Å².